The molecule has 9 heteroatoms. The Morgan fingerprint density at radius 1 is 1.09 bits per heavy atom. The predicted octanol–water partition coefficient (Wildman–Crippen LogP) is 5.34. The minimum absolute atomic E-state index is 0.152. The third kappa shape index (κ3) is 6.71. The molecular formula is C24H29FN4O3S. The second-order valence-electron chi connectivity index (χ2n) is 7.80. The number of carbonyl (C=O) groups is 1. The highest BCUT2D eigenvalue weighted by atomic mass is 32.2. The van der Waals surface area contributed by atoms with E-state index in [2.05, 4.69) is 29.4 Å². The average molecular weight is 473 g/mol. The number of benzene rings is 2. The summed E-state index contributed by atoms with van der Waals surface area (Å²) in [7, 11) is 0. The Morgan fingerprint density at radius 3 is 2.48 bits per heavy atom. The molecule has 176 valence electrons. The van der Waals surface area contributed by atoms with Crippen molar-refractivity contribution >= 4 is 23.4 Å². The van der Waals surface area contributed by atoms with Gasteiger partial charge in [0.1, 0.15) is 5.75 Å². The van der Waals surface area contributed by atoms with Crippen LogP contribution in [-0.2, 0) is 11.3 Å². The highest BCUT2D eigenvalue weighted by Crippen LogP contribution is 2.28. The van der Waals surface area contributed by atoms with Crippen LogP contribution in [0, 0.1) is 11.7 Å². The summed E-state index contributed by atoms with van der Waals surface area (Å²) in [6.07, 6.45) is -0.519. The van der Waals surface area contributed by atoms with Gasteiger partial charge in [-0.1, -0.05) is 49.9 Å². The summed E-state index contributed by atoms with van der Waals surface area (Å²) in [6, 6.07) is 13.6. The largest absolute Gasteiger partial charge is 0.492 e. The summed E-state index contributed by atoms with van der Waals surface area (Å²) in [6.45, 7) is 9.01. The molecule has 3 aromatic rings. The quantitative estimate of drug-likeness (QED) is 0.380. The molecule has 0 fully saturated rings. The van der Waals surface area contributed by atoms with Gasteiger partial charge in [0.2, 0.25) is 5.91 Å². The second kappa shape index (κ2) is 11.7. The minimum Gasteiger partial charge on any atom is -0.492 e. The van der Waals surface area contributed by atoms with Gasteiger partial charge < -0.3 is 19.4 Å². The molecule has 0 saturated heterocycles. The number of para-hydroxylation sites is 3. The molecule has 7 nitrogen and oxygen atoms in total. The summed E-state index contributed by atoms with van der Waals surface area (Å²) in [5.41, 5.74) is 0.626. The van der Waals surface area contributed by atoms with E-state index < -0.39 is 11.9 Å². The molecule has 0 spiro atoms. The first-order valence-corrected chi connectivity index (χ1v) is 11.9. The Kier molecular flexibility index (Phi) is 8.71. The Balaban J connectivity index is 1.71. The third-order valence-electron chi connectivity index (χ3n) is 4.59. The highest BCUT2D eigenvalue weighted by Gasteiger charge is 2.22. The number of nitrogens with zero attached hydrogens (tertiary/aromatic N) is 3. The van der Waals surface area contributed by atoms with Crippen LogP contribution in [0.3, 0.4) is 0 Å². The van der Waals surface area contributed by atoms with E-state index in [1.54, 1.807) is 31.2 Å². The fraction of sp³-hybridized carbons (Fsp3) is 0.375. The van der Waals surface area contributed by atoms with Crippen LogP contribution in [-0.4, -0.2) is 33.0 Å². The van der Waals surface area contributed by atoms with Crippen molar-refractivity contribution in [1.82, 2.24) is 14.8 Å². The average Bonchev–Trinajstić information content (AvgIpc) is 3.17. The van der Waals surface area contributed by atoms with Crippen molar-refractivity contribution in [3.63, 3.8) is 0 Å². The molecule has 0 radical (unpaired) electrons. The Labute approximate surface area is 197 Å². The van der Waals surface area contributed by atoms with Crippen molar-refractivity contribution in [2.45, 2.75) is 45.5 Å². The molecule has 1 unspecified atom stereocenters. The highest BCUT2D eigenvalue weighted by molar-refractivity contribution is 7.99. The summed E-state index contributed by atoms with van der Waals surface area (Å²) in [5, 5.41) is 12.1. The molecule has 1 atom stereocenters. The molecule has 0 aliphatic heterocycles. The Hall–Kier alpha value is -3.07. The molecule has 1 heterocycles. The van der Waals surface area contributed by atoms with Gasteiger partial charge in [-0.15, -0.1) is 10.2 Å². The SMILES string of the molecule is CCOc1ccccc1NC(=O)CSc1nnc(C(C)Oc2ccccc2F)n1CC(C)C. The second-order valence-corrected chi connectivity index (χ2v) is 8.74. The number of aromatic nitrogens is 3. The van der Waals surface area contributed by atoms with Crippen LogP contribution in [0.1, 0.15) is 39.6 Å². The van der Waals surface area contributed by atoms with E-state index in [-0.39, 0.29) is 17.4 Å². The number of thioether (sulfide) groups is 1. The number of anilines is 1. The molecule has 0 aliphatic rings. The number of halogens is 1. The number of ether oxygens (including phenoxy) is 2. The molecule has 0 bridgehead atoms. The molecule has 1 amide bonds. The van der Waals surface area contributed by atoms with Gasteiger partial charge in [-0.25, -0.2) is 4.39 Å². The Bertz CT molecular complexity index is 1070. The molecular weight excluding hydrogens is 443 g/mol. The smallest absolute Gasteiger partial charge is 0.234 e. The van der Waals surface area contributed by atoms with Gasteiger partial charge in [0.15, 0.2) is 28.7 Å². The molecule has 0 aliphatic carbocycles. The number of hydrogen-bond donors (Lipinski definition) is 1. The van der Waals surface area contributed by atoms with Gasteiger partial charge in [0, 0.05) is 6.54 Å². The van der Waals surface area contributed by atoms with Crippen molar-refractivity contribution in [3.8, 4) is 11.5 Å². The summed E-state index contributed by atoms with van der Waals surface area (Å²) in [5.74, 6) is 1.22. The lowest BCUT2D eigenvalue weighted by atomic mass is 10.2. The number of carbonyl (C=O) groups excluding carboxylic acids is 1. The first-order valence-electron chi connectivity index (χ1n) is 10.9. The molecule has 1 aromatic heterocycles. The fourth-order valence-corrected chi connectivity index (χ4v) is 3.95. The van der Waals surface area contributed by atoms with Gasteiger partial charge >= 0.3 is 0 Å². The molecule has 2 aromatic carbocycles. The van der Waals surface area contributed by atoms with Crippen molar-refractivity contribution in [3.05, 3.63) is 60.2 Å². The van der Waals surface area contributed by atoms with Crippen LogP contribution < -0.4 is 14.8 Å². The number of nitrogens with one attached hydrogen (secondary N) is 1. The van der Waals surface area contributed by atoms with Crippen molar-refractivity contribution in [2.75, 3.05) is 17.7 Å². The topological polar surface area (TPSA) is 78.3 Å². The Morgan fingerprint density at radius 2 is 1.79 bits per heavy atom. The van der Waals surface area contributed by atoms with E-state index in [0.717, 1.165) is 0 Å². The van der Waals surface area contributed by atoms with Crippen LogP contribution in [0.2, 0.25) is 0 Å². The van der Waals surface area contributed by atoms with Gasteiger partial charge in [-0.3, -0.25) is 4.79 Å². The number of rotatable bonds is 11. The van der Waals surface area contributed by atoms with Crippen LogP contribution in [0.5, 0.6) is 11.5 Å². The third-order valence-corrected chi connectivity index (χ3v) is 5.56. The van der Waals surface area contributed by atoms with Crippen LogP contribution in [0.4, 0.5) is 10.1 Å². The van der Waals surface area contributed by atoms with Crippen molar-refractivity contribution in [1.29, 1.82) is 0 Å². The van der Waals surface area contributed by atoms with Gasteiger partial charge in [0.25, 0.3) is 0 Å². The van der Waals surface area contributed by atoms with E-state index in [9.17, 15) is 9.18 Å². The van der Waals surface area contributed by atoms with Crippen LogP contribution in [0.25, 0.3) is 0 Å². The van der Waals surface area contributed by atoms with Gasteiger partial charge in [-0.2, -0.15) is 0 Å². The lowest BCUT2D eigenvalue weighted by Crippen LogP contribution is -2.17. The van der Waals surface area contributed by atoms with Crippen LogP contribution >= 0.6 is 11.8 Å². The summed E-state index contributed by atoms with van der Waals surface area (Å²) in [4.78, 5) is 12.6. The number of hydrogen-bond acceptors (Lipinski definition) is 6. The van der Waals surface area contributed by atoms with E-state index in [0.29, 0.717) is 41.5 Å². The molecule has 1 N–H and O–H groups in total. The lowest BCUT2D eigenvalue weighted by Gasteiger charge is -2.18. The standard InChI is InChI=1S/C24H29FN4O3S/c1-5-31-21-13-9-7-11-19(21)26-22(30)15-33-24-28-27-23(29(24)14-16(2)3)17(4)32-20-12-8-6-10-18(20)25/h6-13,16-17H,5,14-15H2,1-4H3,(H,26,30). The van der Waals surface area contributed by atoms with Gasteiger partial charge in [-0.05, 0) is 44.0 Å². The van der Waals surface area contributed by atoms with E-state index in [1.807, 2.05) is 29.7 Å². The van der Waals surface area contributed by atoms with Gasteiger partial charge in [0.05, 0.1) is 18.0 Å². The van der Waals surface area contributed by atoms with Crippen molar-refractivity contribution < 1.29 is 18.7 Å². The normalized spacial score (nSPS) is 11.9. The molecule has 3 rings (SSSR count). The molecule has 33 heavy (non-hydrogen) atoms. The zero-order chi connectivity index (χ0) is 23.8. The van der Waals surface area contributed by atoms with Crippen molar-refractivity contribution in [2.24, 2.45) is 5.92 Å². The van der Waals surface area contributed by atoms with Crippen LogP contribution in [0.15, 0.2) is 53.7 Å². The van der Waals surface area contributed by atoms with E-state index in [4.69, 9.17) is 9.47 Å². The molecule has 0 saturated carbocycles. The fourth-order valence-electron chi connectivity index (χ4n) is 3.20. The zero-order valence-corrected chi connectivity index (χ0v) is 20.1. The maximum atomic E-state index is 14.0. The maximum absolute atomic E-state index is 14.0. The summed E-state index contributed by atoms with van der Waals surface area (Å²) < 4.78 is 27.3. The number of amides is 1. The van der Waals surface area contributed by atoms with E-state index in [1.165, 1.54) is 17.8 Å². The van der Waals surface area contributed by atoms with E-state index >= 15 is 0 Å². The lowest BCUT2D eigenvalue weighted by molar-refractivity contribution is -0.113. The summed E-state index contributed by atoms with van der Waals surface area (Å²) >= 11 is 1.29. The predicted molar refractivity (Wildman–Crippen MR) is 127 cm³/mol. The first-order chi connectivity index (χ1) is 15.9. The monoisotopic (exact) mass is 472 g/mol. The minimum atomic E-state index is -0.519. The maximum Gasteiger partial charge on any atom is 0.234 e. The first kappa shape index (κ1) is 24.6. The zero-order valence-electron chi connectivity index (χ0n) is 19.2.